The van der Waals surface area contributed by atoms with E-state index in [4.69, 9.17) is 0 Å². The predicted octanol–water partition coefficient (Wildman–Crippen LogP) is 4.15. The predicted molar refractivity (Wildman–Crippen MR) is 110 cm³/mol. The van der Waals surface area contributed by atoms with Crippen molar-refractivity contribution in [3.05, 3.63) is 88.7 Å². The van der Waals surface area contributed by atoms with Gasteiger partial charge >= 0.3 is 0 Å². The number of carbonyl (C=O) groups excluding carboxylic acids is 2. The van der Waals surface area contributed by atoms with Crippen LogP contribution in [0.25, 0.3) is 0 Å². The third-order valence-electron chi connectivity index (χ3n) is 5.22. The standard InChI is InChI=1S/C23H21N3O2/c1-15-6-5-8-19(16(15)2)25-22(27)20-14-18(10-12-24-20)23(28)26-13-11-17-7-3-4-9-21(17)26/h3-10,12,14H,11,13H2,1-2H3,(H,25,27). The highest BCUT2D eigenvalue weighted by Gasteiger charge is 2.25. The number of hydrogen-bond donors (Lipinski definition) is 1. The number of hydrogen-bond acceptors (Lipinski definition) is 3. The summed E-state index contributed by atoms with van der Waals surface area (Å²) in [5, 5.41) is 2.89. The largest absolute Gasteiger partial charge is 0.320 e. The third kappa shape index (κ3) is 3.27. The van der Waals surface area contributed by atoms with Gasteiger partial charge in [0.25, 0.3) is 11.8 Å². The van der Waals surface area contributed by atoms with Crippen LogP contribution >= 0.6 is 0 Å². The molecule has 0 saturated carbocycles. The van der Waals surface area contributed by atoms with E-state index in [-0.39, 0.29) is 17.5 Å². The average Bonchev–Trinajstić information content (AvgIpc) is 3.15. The van der Waals surface area contributed by atoms with E-state index in [9.17, 15) is 9.59 Å². The van der Waals surface area contributed by atoms with Crippen molar-refractivity contribution in [2.75, 3.05) is 16.8 Å². The first-order chi connectivity index (χ1) is 13.5. The summed E-state index contributed by atoms with van der Waals surface area (Å²) in [6, 6.07) is 16.9. The van der Waals surface area contributed by atoms with E-state index in [2.05, 4.69) is 10.3 Å². The Morgan fingerprint density at radius 1 is 1.04 bits per heavy atom. The van der Waals surface area contributed by atoms with Gasteiger partial charge in [-0.2, -0.15) is 0 Å². The molecule has 2 amide bonds. The number of fused-ring (bicyclic) bond motifs is 1. The molecule has 5 heteroatoms. The first kappa shape index (κ1) is 17.9. The molecule has 1 aliphatic rings. The second kappa shape index (κ2) is 7.27. The van der Waals surface area contributed by atoms with Gasteiger partial charge in [-0.25, -0.2) is 0 Å². The summed E-state index contributed by atoms with van der Waals surface area (Å²) < 4.78 is 0. The Labute approximate surface area is 164 Å². The maximum atomic E-state index is 13.0. The summed E-state index contributed by atoms with van der Waals surface area (Å²) in [6.45, 7) is 4.60. The van der Waals surface area contributed by atoms with E-state index in [1.807, 2.05) is 56.3 Å². The van der Waals surface area contributed by atoms with Crippen LogP contribution < -0.4 is 10.2 Å². The van der Waals surface area contributed by atoms with Gasteiger partial charge in [-0.05, 0) is 61.2 Å². The summed E-state index contributed by atoms with van der Waals surface area (Å²) in [7, 11) is 0. The lowest BCUT2D eigenvalue weighted by atomic mass is 10.1. The van der Waals surface area contributed by atoms with Gasteiger partial charge in [0.2, 0.25) is 0 Å². The number of amides is 2. The Kier molecular flexibility index (Phi) is 4.65. The second-order valence-electron chi connectivity index (χ2n) is 6.97. The van der Waals surface area contributed by atoms with Gasteiger partial charge in [0, 0.05) is 29.7 Å². The van der Waals surface area contributed by atoms with E-state index < -0.39 is 0 Å². The van der Waals surface area contributed by atoms with Crippen molar-refractivity contribution in [1.29, 1.82) is 0 Å². The van der Waals surface area contributed by atoms with E-state index in [1.165, 1.54) is 6.20 Å². The Morgan fingerprint density at radius 3 is 2.71 bits per heavy atom. The zero-order chi connectivity index (χ0) is 19.7. The molecule has 2 aromatic carbocycles. The van der Waals surface area contributed by atoms with Crippen molar-refractivity contribution in [2.45, 2.75) is 20.3 Å². The Bertz CT molecular complexity index is 1070. The molecule has 140 valence electrons. The number of nitrogens with one attached hydrogen (secondary N) is 1. The molecule has 28 heavy (non-hydrogen) atoms. The number of anilines is 2. The molecule has 0 aliphatic carbocycles. The maximum absolute atomic E-state index is 13.0. The quantitative estimate of drug-likeness (QED) is 0.752. The summed E-state index contributed by atoms with van der Waals surface area (Å²) >= 11 is 0. The van der Waals surface area contributed by atoms with Gasteiger partial charge in [-0.15, -0.1) is 0 Å². The maximum Gasteiger partial charge on any atom is 0.274 e. The molecule has 4 rings (SSSR count). The second-order valence-corrected chi connectivity index (χ2v) is 6.97. The molecule has 2 heterocycles. The molecular formula is C23H21N3O2. The van der Waals surface area contributed by atoms with E-state index >= 15 is 0 Å². The van der Waals surface area contributed by atoms with Crippen molar-refractivity contribution in [3.63, 3.8) is 0 Å². The highest BCUT2D eigenvalue weighted by Crippen LogP contribution is 2.29. The zero-order valence-corrected chi connectivity index (χ0v) is 15.9. The number of aromatic nitrogens is 1. The summed E-state index contributed by atoms with van der Waals surface area (Å²) in [4.78, 5) is 31.6. The molecule has 3 aromatic rings. The highest BCUT2D eigenvalue weighted by molar-refractivity contribution is 6.09. The molecule has 1 N–H and O–H groups in total. The number of pyridine rings is 1. The van der Waals surface area contributed by atoms with Crippen molar-refractivity contribution >= 4 is 23.2 Å². The first-order valence-electron chi connectivity index (χ1n) is 9.28. The first-order valence-corrected chi connectivity index (χ1v) is 9.28. The Morgan fingerprint density at radius 2 is 1.86 bits per heavy atom. The Balaban J connectivity index is 1.57. The smallest absolute Gasteiger partial charge is 0.274 e. The highest BCUT2D eigenvalue weighted by atomic mass is 16.2. The van der Waals surface area contributed by atoms with E-state index in [1.54, 1.807) is 17.0 Å². The van der Waals surface area contributed by atoms with Crippen LogP contribution in [0.1, 0.15) is 37.5 Å². The van der Waals surface area contributed by atoms with Gasteiger partial charge in [0.15, 0.2) is 0 Å². The molecule has 5 nitrogen and oxygen atoms in total. The van der Waals surface area contributed by atoms with Crippen LogP contribution in [-0.2, 0) is 6.42 Å². The van der Waals surface area contributed by atoms with E-state index in [0.29, 0.717) is 12.1 Å². The number of para-hydroxylation sites is 1. The molecule has 0 fully saturated rings. The number of aryl methyl sites for hydroxylation is 1. The van der Waals surface area contributed by atoms with Crippen LogP contribution in [0.3, 0.4) is 0 Å². The van der Waals surface area contributed by atoms with Crippen LogP contribution in [0.15, 0.2) is 60.8 Å². The third-order valence-corrected chi connectivity index (χ3v) is 5.22. The Hall–Kier alpha value is -3.47. The van der Waals surface area contributed by atoms with Crippen LogP contribution in [0.5, 0.6) is 0 Å². The van der Waals surface area contributed by atoms with Gasteiger partial charge in [-0.3, -0.25) is 14.6 Å². The minimum atomic E-state index is -0.329. The lowest BCUT2D eigenvalue weighted by Crippen LogP contribution is -2.29. The van der Waals surface area contributed by atoms with E-state index in [0.717, 1.165) is 34.5 Å². The molecule has 0 radical (unpaired) electrons. The van der Waals surface area contributed by atoms with Crippen LogP contribution in [0.4, 0.5) is 11.4 Å². The number of rotatable bonds is 3. The number of carbonyl (C=O) groups is 2. The number of benzene rings is 2. The monoisotopic (exact) mass is 371 g/mol. The summed E-state index contributed by atoms with van der Waals surface area (Å²) in [5.41, 5.74) is 5.64. The van der Waals surface area contributed by atoms with Crippen molar-refractivity contribution < 1.29 is 9.59 Å². The fourth-order valence-corrected chi connectivity index (χ4v) is 3.47. The van der Waals surface area contributed by atoms with Gasteiger partial charge in [-0.1, -0.05) is 30.3 Å². The zero-order valence-electron chi connectivity index (χ0n) is 15.9. The van der Waals surface area contributed by atoms with Crippen LogP contribution in [0, 0.1) is 13.8 Å². The molecule has 0 atom stereocenters. The normalized spacial score (nSPS) is 12.6. The van der Waals surface area contributed by atoms with Crippen LogP contribution in [0.2, 0.25) is 0 Å². The van der Waals surface area contributed by atoms with Crippen molar-refractivity contribution in [3.8, 4) is 0 Å². The van der Waals surface area contributed by atoms with Crippen LogP contribution in [-0.4, -0.2) is 23.3 Å². The molecule has 0 spiro atoms. The molecular weight excluding hydrogens is 350 g/mol. The minimum absolute atomic E-state index is 0.117. The van der Waals surface area contributed by atoms with Crippen molar-refractivity contribution in [2.24, 2.45) is 0 Å². The topological polar surface area (TPSA) is 62.3 Å². The summed E-state index contributed by atoms with van der Waals surface area (Å²) in [5.74, 6) is -0.446. The minimum Gasteiger partial charge on any atom is -0.320 e. The lowest BCUT2D eigenvalue weighted by Gasteiger charge is -2.17. The SMILES string of the molecule is Cc1cccc(NC(=O)c2cc(C(=O)N3CCc4ccccc43)ccn2)c1C. The molecule has 1 aromatic heterocycles. The van der Waals surface area contributed by atoms with Crippen molar-refractivity contribution in [1.82, 2.24) is 4.98 Å². The van der Waals surface area contributed by atoms with Gasteiger partial charge < -0.3 is 10.2 Å². The molecule has 0 saturated heterocycles. The summed E-state index contributed by atoms with van der Waals surface area (Å²) in [6.07, 6.45) is 2.35. The molecule has 0 bridgehead atoms. The fraction of sp³-hybridized carbons (Fsp3) is 0.174. The lowest BCUT2D eigenvalue weighted by molar-refractivity contribution is 0.0989. The number of nitrogens with zero attached hydrogens (tertiary/aromatic N) is 2. The average molecular weight is 371 g/mol. The van der Waals surface area contributed by atoms with Gasteiger partial charge in [0.1, 0.15) is 5.69 Å². The molecule has 0 unspecified atom stereocenters. The molecule has 1 aliphatic heterocycles. The fourth-order valence-electron chi connectivity index (χ4n) is 3.47. The van der Waals surface area contributed by atoms with Gasteiger partial charge in [0.05, 0.1) is 0 Å².